The molecule has 1 N–H and O–H groups in total. The smallest absolute Gasteiger partial charge is 0.147 e. The second-order valence-corrected chi connectivity index (χ2v) is 7.79. The van der Waals surface area contributed by atoms with Crippen LogP contribution < -0.4 is 5.32 Å². The minimum atomic E-state index is -2.84. The van der Waals surface area contributed by atoms with Gasteiger partial charge in [0.15, 0.2) is 0 Å². The van der Waals surface area contributed by atoms with Crippen LogP contribution in [0.2, 0.25) is 0 Å². The molecule has 1 atom stereocenters. The fraction of sp³-hybridized carbons (Fsp3) is 0.692. The van der Waals surface area contributed by atoms with Gasteiger partial charge in [-0.3, -0.25) is 0 Å². The molecule has 1 rings (SSSR count). The van der Waals surface area contributed by atoms with E-state index in [1.807, 2.05) is 0 Å². The molecule has 3 nitrogen and oxygen atoms in total. The summed E-state index contributed by atoms with van der Waals surface area (Å²) in [7, 11) is -2.84. The summed E-state index contributed by atoms with van der Waals surface area (Å²) in [6, 6.07) is 0.290. The Morgan fingerprint density at radius 3 is 2.61 bits per heavy atom. The summed E-state index contributed by atoms with van der Waals surface area (Å²) in [5, 5.41) is 7.83. The van der Waals surface area contributed by atoms with E-state index in [4.69, 9.17) is 0 Å². The highest BCUT2D eigenvalue weighted by Crippen LogP contribution is 2.25. The van der Waals surface area contributed by atoms with Crippen LogP contribution in [-0.2, 0) is 9.84 Å². The standard InChI is InChI=1S/C13H23NO2S2/c1-4-7-14-13(6-5-8-18(3,15)16)12-10-17-9-11(12)2/h9-10,13-14H,4-8H2,1-3H3. The van der Waals surface area contributed by atoms with Crippen molar-refractivity contribution in [3.8, 4) is 0 Å². The van der Waals surface area contributed by atoms with Crippen molar-refractivity contribution in [1.29, 1.82) is 0 Å². The molecule has 0 aliphatic carbocycles. The van der Waals surface area contributed by atoms with Crippen LogP contribution in [-0.4, -0.2) is 27.0 Å². The fourth-order valence-electron chi connectivity index (χ4n) is 1.96. The van der Waals surface area contributed by atoms with Crippen LogP contribution in [0.3, 0.4) is 0 Å². The first-order chi connectivity index (χ1) is 8.44. The highest BCUT2D eigenvalue weighted by atomic mass is 32.2. The quantitative estimate of drug-likeness (QED) is 0.800. The Kier molecular flexibility index (Phi) is 6.32. The van der Waals surface area contributed by atoms with E-state index in [9.17, 15) is 8.42 Å². The van der Waals surface area contributed by atoms with E-state index in [1.165, 1.54) is 17.4 Å². The molecule has 0 aliphatic rings. The summed E-state index contributed by atoms with van der Waals surface area (Å²) in [6.07, 6.45) is 3.99. The average Bonchev–Trinajstić information content (AvgIpc) is 2.68. The predicted molar refractivity (Wildman–Crippen MR) is 79.0 cm³/mol. The molecule has 0 fully saturated rings. The molecule has 0 saturated heterocycles. The average molecular weight is 289 g/mol. The highest BCUT2D eigenvalue weighted by molar-refractivity contribution is 7.90. The largest absolute Gasteiger partial charge is 0.310 e. The first kappa shape index (κ1) is 15.7. The number of rotatable bonds is 8. The highest BCUT2D eigenvalue weighted by Gasteiger charge is 2.14. The van der Waals surface area contributed by atoms with Crippen molar-refractivity contribution < 1.29 is 8.42 Å². The van der Waals surface area contributed by atoms with Crippen molar-refractivity contribution in [2.45, 2.75) is 39.2 Å². The van der Waals surface area contributed by atoms with Crippen LogP contribution >= 0.6 is 11.3 Å². The van der Waals surface area contributed by atoms with Gasteiger partial charge < -0.3 is 5.32 Å². The predicted octanol–water partition coefficient (Wildman–Crippen LogP) is 2.92. The van der Waals surface area contributed by atoms with Gasteiger partial charge in [-0.15, -0.1) is 0 Å². The van der Waals surface area contributed by atoms with Gasteiger partial charge in [-0.1, -0.05) is 6.92 Å². The monoisotopic (exact) mass is 289 g/mol. The third kappa shape index (κ3) is 5.50. The molecule has 1 heterocycles. The van der Waals surface area contributed by atoms with Gasteiger partial charge in [0.05, 0.1) is 0 Å². The number of sulfone groups is 1. The minimum absolute atomic E-state index is 0.278. The normalized spacial score (nSPS) is 13.7. The van der Waals surface area contributed by atoms with E-state index in [0.29, 0.717) is 0 Å². The second-order valence-electron chi connectivity index (χ2n) is 4.79. The Morgan fingerprint density at radius 2 is 2.11 bits per heavy atom. The summed E-state index contributed by atoms with van der Waals surface area (Å²) in [5.74, 6) is 0.278. The van der Waals surface area contributed by atoms with E-state index in [-0.39, 0.29) is 11.8 Å². The summed E-state index contributed by atoms with van der Waals surface area (Å²) in [5.41, 5.74) is 2.62. The molecule has 104 valence electrons. The molecular formula is C13H23NO2S2. The maximum Gasteiger partial charge on any atom is 0.147 e. The third-order valence-corrected chi connectivity index (χ3v) is 4.83. The van der Waals surface area contributed by atoms with Gasteiger partial charge in [0.25, 0.3) is 0 Å². The summed E-state index contributed by atoms with van der Waals surface area (Å²) in [4.78, 5) is 0. The first-order valence-corrected chi connectivity index (χ1v) is 9.38. The van der Waals surface area contributed by atoms with Gasteiger partial charge in [-0.25, -0.2) is 8.42 Å². The summed E-state index contributed by atoms with van der Waals surface area (Å²) >= 11 is 1.71. The van der Waals surface area contributed by atoms with E-state index < -0.39 is 9.84 Å². The molecule has 0 aliphatic heterocycles. The lowest BCUT2D eigenvalue weighted by Crippen LogP contribution is -2.23. The van der Waals surface area contributed by atoms with Crippen molar-refractivity contribution in [2.24, 2.45) is 0 Å². The molecule has 1 unspecified atom stereocenters. The molecule has 0 radical (unpaired) electrons. The number of aryl methyl sites for hydroxylation is 1. The number of hydrogen-bond acceptors (Lipinski definition) is 4. The Labute approximate surface area is 115 Å². The van der Waals surface area contributed by atoms with Crippen LogP contribution in [0.5, 0.6) is 0 Å². The van der Waals surface area contributed by atoms with Crippen molar-refractivity contribution in [1.82, 2.24) is 5.32 Å². The zero-order valence-electron chi connectivity index (χ0n) is 11.4. The molecular weight excluding hydrogens is 266 g/mol. The molecule has 0 bridgehead atoms. The molecule has 0 spiro atoms. The molecule has 18 heavy (non-hydrogen) atoms. The lowest BCUT2D eigenvalue weighted by Gasteiger charge is -2.18. The number of nitrogens with one attached hydrogen (secondary N) is 1. The molecule has 1 aromatic rings. The Balaban J connectivity index is 2.59. The van der Waals surface area contributed by atoms with Crippen molar-refractivity contribution in [2.75, 3.05) is 18.6 Å². The van der Waals surface area contributed by atoms with E-state index >= 15 is 0 Å². The number of thiophene rings is 1. The zero-order valence-corrected chi connectivity index (χ0v) is 13.0. The van der Waals surface area contributed by atoms with Crippen LogP contribution in [0.25, 0.3) is 0 Å². The molecule has 1 aromatic heterocycles. The van der Waals surface area contributed by atoms with E-state index in [2.05, 4.69) is 29.9 Å². The fourth-order valence-corrected chi connectivity index (χ4v) is 3.56. The second kappa shape index (κ2) is 7.26. The van der Waals surface area contributed by atoms with Gasteiger partial charge in [0.1, 0.15) is 9.84 Å². The van der Waals surface area contributed by atoms with Crippen LogP contribution in [0, 0.1) is 6.92 Å². The third-order valence-electron chi connectivity index (χ3n) is 2.92. The van der Waals surface area contributed by atoms with Gasteiger partial charge >= 0.3 is 0 Å². The topological polar surface area (TPSA) is 46.2 Å². The molecule has 0 aromatic carbocycles. The maximum absolute atomic E-state index is 11.2. The lowest BCUT2D eigenvalue weighted by atomic mass is 10.0. The summed E-state index contributed by atoms with van der Waals surface area (Å²) in [6.45, 7) is 5.23. The van der Waals surface area contributed by atoms with E-state index in [1.54, 1.807) is 11.3 Å². The van der Waals surface area contributed by atoms with Gasteiger partial charge in [-0.05, 0) is 54.6 Å². The number of hydrogen-bond donors (Lipinski definition) is 1. The molecule has 5 heteroatoms. The molecule has 0 amide bonds. The first-order valence-electron chi connectivity index (χ1n) is 6.38. The van der Waals surface area contributed by atoms with Gasteiger partial charge in [0, 0.05) is 18.1 Å². The minimum Gasteiger partial charge on any atom is -0.310 e. The lowest BCUT2D eigenvalue weighted by molar-refractivity contribution is 0.492. The van der Waals surface area contributed by atoms with Crippen LogP contribution in [0.4, 0.5) is 0 Å². The molecule has 0 saturated carbocycles. The Bertz CT molecular complexity index is 451. The van der Waals surface area contributed by atoms with Crippen LogP contribution in [0.15, 0.2) is 10.8 Å². The van der Waals surface area contributed by atoms with Gasteiger partial charge in [-0.2, -0.15) is 11.3 Å². The van der Waals surface area contributed by atoms with E-state index in [0.717, 1.165) is 25.8 Å². The van der Waals surface area contributed by atoms with Crippen molar-refractivity contribution in [3.05, 3.63) is 21.9 Å². The Hall–Kier alpha value is -0.390. The summed E-state index contributed by atoms with van der Waals surface area (Å²) < 4.78 is 22.3. The van der Waals surface area contributed by atoms with Crippen molar-refractivity contribution in [3.63, 3.8) is 0 Å². The Morgan fingerprint density at radius 1 is 1.39 bits per heavy atom. The maximum atomic E-state index is 11.2. The SMILES string of the molecule is CCCNC(CCCS(C)(=O)=O)c1cscc1C. The van der Waals surface area contributed by atoms with Crippen molar-refractivity contribution >= 4 is 21.2 Å². The van der Waals surface area contributed by atoms with Gasteiger partial charge in [0.2, 0.25) is 0 Å². The zero-order chi connectivity index (χ0) is 13.6. The van der Waals surface area contributed by atoms with Crippen LogP contribution in [0.1, 0.15) is 43.4 Å².